The summed E-state index contributed by atoms with van der Waals surface area (Å²) in [5, 5.41) is 9.09. The van der Waals surface area contributed by atoms with Gasteiger partial charge in [-0.15, -0.1) is 11.3 Å². The predicted octanol–water partition coefficient (Wildman–Crippen LogP) is 1.10. The molecule has 2 aliphatic rings. The van der Waals surface area contributed by atoms with E-state index in [0.29, 0.717) is 34.3 Å². The monoisotopic (exact) mass is 316 g/mol. The zero-order valence-electron chi connectivity index (χ0n) is 11.5. The number of fused-ring (bicyclic) bond motifs is 2. The first kappa shape index (κ1) is 14.5. The third kappa shape index (κ3) is 2.42. The van der Waals surface area contributed by atoms with Crippen LogP contribution in [-0.2, 0) is 16.6 Å². The van der Waals surface area contributed by atoms with Crippen molar-refractivity contribution in [1.82, 2.24) is 9.21 Å². The van der Waals surface area contributed by atoms with Crippen LogP contribution in [-0.4, -0.2) is 55.0 Å². The molecule has 3 rings (SSSR count). The Morgan fingerprint density at radius 3 is 2.75 bits per heavy atom. The summed E-state index contributed by atoms with van der Waals surface area (Å²) in [6.07, 6.45) is 3.17. The average molecular weight is 316 g/mol. The van der Waals surface area contributed by atoms with Gasteiger partial charge in [0.05, 0.1) is 6.61 Å². The summed E-state index contributed by atoms with van der Waals surface area (Å²) >= 11 is 1.17. The lowest BCUT2D eigenvalue weighted by Crippen LogP contribution is -2.39. The van der Waals surface area contributed by atoms with Crippen molar-refractivity contribution in [3.05, 3.63) is 17.0 Å². The second-order valence-electron chi connectivity index (χ2n) is 5.58. The van der Waals surface area contributed by atoms with Crippen LogP contribution in [0.4, 0.5) is 0 Å². The molecule has 0 aliphatic carbocycles. The average Bonchev–Trinajstić information content (AvgIpc) is 2.95. The van der Waals surface area contributed by atoms with Gasteiger partial charge < -0.3 is 5.11 Å². The first-order chi connectivity index (χ1) is 9.52. The van der Waals surface area contributed by atoms with E-state index < -0.39 is 10.0 Å². The van der Waals surface area contributed by atoms with Gasteiger partial charge in [0, 0.05) is 30.1 Å². The van der Waals surface area contributed by atoms with E-state index in [4.69, 9.17) is 5.11 Å². The Morgan fingerprint density at radius 2 is 2.05 bits per heavy atom. The number of thiophene rings is 1. The van der Waals surface area contributed by atoms with Crippen LogP contribution in [0.1, 0.15) is 24.1 Å². The van der Waals surface area contributed by atoms with E-state index >= 15 is 0 Å². The van der Waals surface area contributed by atoms with Gasteiger partial charge in [0.15, 0.2) is 0 Å². The number of hydrogen-bond acceptors (Lipinski definition) is 5. The Kier molecular flexibility index (Phi) is 3.89. The van der Waals surface area contributed by atoms with Crippen molar-refractivity contribution in [2.45, 2.75) is 42.2 Å². The number of nitrogens with zero attached hydrogens (tertiary/aromatic N) is 2. The summed E-state index contributed by atoms with van der Waals surface area (Å²) in [5.74, 6) is 0. The van der Waals surface area contributed by atoms with Crippen molar-refractivity contribution in [2.24, 2.45) is 0 Å². The molecule has 7 heteroatoms. The lowest BCUT2D eigenvalue weighted by atomic mass is 10.1. The van der Waals surface area contributed by atoms with Crippen LogP contribution < -0.4 is 0 Å². The minimum Gasteiger partial charge on any atom is -0.391 e. The van der Waals surface area contributed by atoms with Gasteiger partial charge in [-0.3, -0.25) is 4.90 Å². The first-order valence-corrected chi connectivity index (χ1v) is 9.19. The summed E-state index contributed by atoms with van der Waals surface area (Å²) in [6, 6.07) is 4.16. The quantitative estimate of drug-likeness (QED) is 0.907. The van der Waals surface area contributed by atoms with Crippen LogP contribution in [0.25, 0.3) is 0 Å². The third-order valence-electron chi connectivity index (χ3n) is 4.50. The highest BCUT2D eigenvalue weighted by molar-refractivity contribution is 7.91. The molecule has 2 fully saturated rings. The maximum absolute atomic E-state index is 12.7. The summed E-state index contributed by atoms with van der Waals surface area (Å²) in [5.41, 5.74) is 0. The summed E-state index contributed by atoms with van der Waals surface area (Å²) in [6.45, 7) is 1.08. The molecule has 2 aliphatic heterocycles. The SMILES string of the molecule is CN1C2CCC1CN(S(=O)(=O)c1ccc(CO)s1)CC2. The molecule has 1 N–H and O–H groups in total. The number of sulfonamides is 1. The molecule has 0 aromatic carbocycles. The molecule has 2 unspecified atom stereocenters. The molecule has 20 heavy (non-hydrogen) atoms. The van der Waals surface area contributed by atoms with Crippen LogP contribution in [0.15, 0.2) is 16.3 Å². The Hall–Kier alpha value is -0.470. The second-order valence-corrected chi connectivity index (χ2v) is 8.91. The standard InChI is InChI=1S/C13H20N2O3S2/c1-14-10-2-3-11(14)8-15(7-6-10)20(17,18)13-5-4-12(9-16)19-13/h4-5,10-11,16H,2-3,6-9H2,1H3. The Labute approximate surface area is 123 Å². The van der Waals surface area contributed by atoms with Gasteiger partial charge in [-0.05, 0) is 38.4 Å². The molecule has 2 saturated heterocycles. The molecule has 0 radical (unpaired) electrons. The molecule has 2 bridgehead atoms. The van der Waals surface area contributed by atoms with Gasteiger partial charge in [-0.25, -0.2) is 8.42 Å². The van der Waals surface area contributed by atoms with E-state index in [0.717, 1.165) is 12.8 Å². The van der Waals surface area contributed by atoms with Crippen LogP contribution >= 0.6 is 11.3 Å². The molecular formula is C13H20N2O3S2. The minimum absolute atomic E-state index is 0.104. The van der Waals surface area contributed by atoms with Crippen molar-refractivity contribution in [2.75, 3.05) is 20.1 Å². The number of aliphatic hydroxyl groups excluding tert-OH is 1. The Bertz CT molecular complexity index is 584. The molecule has 0 amide bonds. The topological polar surface area (TPSA) is 60.9 Å². The van der Waals surface area contributed by atoms with Crippen LogP contribution in [0.3, 0.4) is 0 Å². The zero-order chi connectivity index (χ0) is 14.3. The normalized spacial score (nSPS) is 28.7. The van der Waals surface area contributed by atoms with E-state index in [9.17, 15) is 8.42 Å². The van der Waals surface area contributed by atoms with Gasteiger partial charge in [0.25, 0.3) is 10.0 Å². The van der Waals surface area contributed by atoms with Crippen molar-refractivity contribution >= 4 is 21.4 Å². The van der Waals surface area contributed by atoms with Gasteiger partial charge in [0.1, 0.15) is 4.21 Å². The van der Waals surface area contributed by atoms with E-state index in [1.165, 1.54) is 17.8 Å². The lowest BCUT2D eigenvalue weighted by molar-refractivity contribution is 0.247. The van der Waals surface area contributed by atoms with E-state index in [-0.39, 0.29) is 6.61 Å². The fourth-order valence-electron chi connectivity index (χ4n) is 3.20. The molecule has 1 aromatic rings. The fourth-order valence-corrected chi connectivity index (χ4v) is 6.07. The molecule has 3 heterocycles. The van der Waals surface area contributed by atoms with Gasteiger partial charge in [-0.1, -0.05) is 0 Å². The molecule has 112 valence electrons. The molecule has 1 aromatic heterocycles. The van der Waals surface area contributed by atoms with Crippen molar-refractivity contribution in [3.8, 4) is 0 Å². The van der Waals surface area contributed by atoms with Crippen LogP contribution in [0.5, 0.6) is 0 Å². The van der Waals surface area contributed by atoms with Gasteiger partial charge >= 0.3 is 0 Å². The molecule has 5 nitrogen and oxygen atoms in total. The molecular weight excluding hydrogens is 296 g/mol. The van der Waals surface area contributed by atoms with Crippen molar-refractivity contribution < 1.29 is 13.5 Å². The van der Waals surface area contributed by atoms with Crippen molar-refractivity contribution in [3.63, 3.8) is 0 Å². The zero-order valence-corrected chi connectivity index (χ0v) is 13.2. The number of aliphatic hydroxyl groups is 1. The van der Waals surface area contributed by atoms with E-state index in [1.807, 2.05) is 0 Å². The highest BCUT2D eigenvalue weighted by Crippen LogP contribution is 2.32. The fraction of sp³-hybridized carbons (Fsp3) is 0.692. The van der Waals surface area contributed by atoms with Crippen molar-refractivity contribution in [1.29, 1.82) is 0 Å². The number of rotatable bonds is 3. The largest absolute Gasteiger partial charge is 0.391 e. The smallest absolute Gasteiger partial charge is 0.252 e. The summed E-state index contributed by atoms with van der Waals surface area (Å²) in [7, 11) is -1.30. The predicted molar refractivity (Wildman–Crippen MR) is 78.2 cm³/mol. The summed E-state index contributed by atoms with van der Waals surface area (Å²) < 4.78 is 27.4. The highest BCUT2D eigenvalue weighted by Gasteiger charge is 2.38. The number of hydrogen-bond donors (Lipinski definition) is 1. The highest BCUT2D eigenvalue weighted by atomic mass is 32.2. The number of likely N-dealkylation sites (N-methyl/N-ethyl adjacent to an activating group) is 1. The summed E-state index contributed by atoms with van der Waals surface area (Å²) in [4.78, 5) is 3.03. The lowest BCUT2D eigenvalue weighted by Gasteiger charge is -2.24. The maximum Gasteiger partial charge on any atom is 0.252 e. The Morgan fingerprint density at radius 1 is 1.30 bits per heavy atom. The minimum atomic E-state index is -3.41. The Balaban J connectivity index is 1.84. The van der Waals surface area contributed by atoms with Gasteiger partial charge in [-0.2, -0.15) is 4.31 Å². The maximum atomic E-state index is 12.7. The molecule has 2 atom stereocenters. The van der Waals surface area contributed by atoms with Crippen LogP contribution in [0, 0.1) is 0 Å². The second kappa shape index (κ2) is 5.38. The molecule has 0 saturated carbocycles. The van der Waals surface area contributed by atoms with E-state index in [2.05, 4.69) is 11.9 Å². The van der Waals surface area contributed by atoms with Crippen LogP contribution in [0.2, 0.25) is 0 Å². The molecule has 0 spiro atoms. The first-order valence-electron chi connectivity index (χ1n) is 6.94. The van der Waals surface area contributed by atoms with Gasteiger partial charge in [0.2, 0.25) is 0 Å². The van der Waals surface area contributed by atoms with E-state index in [1.54, 1.807) is 16.4 Å². The third-order valence-corrected chi connectivity index (χ3v) is 7.90.